The van der Waals surface area contributed by atoms with Crippen LogP contribution in [0, 0.1) is 5.92 Å². The maximum atomic E-state index is 4.56. The Labute approximate surface area is 97.5 Å². The number of aromatic nitrogens is 1. The van der Waals surface area contributed by atoms with Crippen LogP contribution in [-0.2, 0) is 12.8 Å². The lowest BCUT2D eigenvalue weighted by molar-refractivity contribution is 0.602. The molecule has 0 saturated heterocycles. The Kier molecular flexibility index (Phi) is 2.58. The van der Waals surface area contributed by atoms with Crippen molar-refractivity contribution in [2.45, 2.75) is 51.5 Å². The van der Waals surface area contributed by atoms with Crippen LogP contribution in [0.1, 0.15) is 43.9 Å². The minimum Gasteiger partial charge on any atom is -0.381 e. The number of hydrogen-bond donors (Lipinski definition) is 1. The van der Waals surface area contributed by atoms with Crippen LogP contribution >= 0.6 is 0 Å². The van der Waals surface area contributed by atoms with Crippen molar-refractivity contribution < 1.29 is 0 Å². The zero-order chi connectivity index (χ0) is 11.0. The lowest BCUT2D eigenvalue weighted by Crippen LogP contribution is -2.15. The highest BCUT2D eigenvalue weighted by Gasteiger charge is 2.21. The summed E-state index contributed by atoms with van der Waals surface area (Å²) in [6, 6.07) is 2.99. The Hall–Kier alpha value is -1.05. The van der Waals surface area contributed by atoms with E-state index in [9.17, 15) is 0 Å². The van der Waals surface area contributed by atoms with Crippen molar-refractivity contribution in [1.82, 2.24) is 4.98 Å². The average molecular weight is 216 g/mol. The first kappa shape index (κ1) is 10.1. The lowest BCUT2D eigenvalue weighted by Gasteiger charge is -2.14. The molecular formula is C14H20N2. The summed E-state index contributed by atoms with van der Waals surface area (Å²) in [5.74, 6) is 0.889. The first-order chi connectivity index (χ1) is 7.81. The van der Waals surface area contributed by atoms with E-state index in [4.69, 9.17) is 0 Å². The summed E-state index contributed by atoms with van der Waals surface area (Å²) in [6.45, 7) is 2.35. The molecule has 0 aliphatic heterocycles. The molecular weight excluding hydrogens is 196 g/mol. The Bertz CT molecular complexity index is 386. The molecule has 1 fully saturated rings. The zero-order valence-electron chi connectivity index (χ0n) is 10.00. The fourth-order valence-corrected chi connectivity index (χ4v) is 3.08. The normalized spacial score (nSPS) is 28.1. The average Bonchev–Trinajstić information content (AvgIpc) is 2.87. The van der Waals surface area contributed by atoms with Gasteiger partial charge in [0, 0.05) is 11.7 Å². The number of anilines is 1. The first-order valence-corrected chi connectivity index (χ1v) is 6.55. The summed E-state index contributed by atoms with van der Waals surface area (Å²) < 4.78 is 0. The van der Waals surface area contributed by atoms with Gasteiger partial charge in [-0.15, -0.1) is 0 Å². The molecule has 0 bridgehead atoms. The second kappa shape index (κ2) is 4.08. The van der Waals surface area contributed by atoms with E-state index in [0.29, 0.717) is 6.04 Å². The highest BCUT2D eigenvalue weighted by Crippen LogP contribution is 2.28. The minimum absolute atomic E-state index is 0.677. The molecule has 0 amide bonds. The van der Waals surface area contributed by atoms with Crippen LogP contribution in [0.4, 0.5) is 5.69 Å². The predicted molar refractivity (Wildman–Crippen MR) is 66.7 cm³/mol. The largest absolute Gasteiger partial charge is 0.381 e. The molecule has 2 nitrogen and oxygen atoms in total. The molecule has 2 unspecified atom stereocenters. The predicted octanol–water partition coefficient (Wildman–Crippen LogP) is 3.17. The number of fused-ring (bicyclic) bond motifs is 1. The van der Waals surface area contributed by atoms with E-state index >= 15 is 0 Å². The molecule has 1 N–H and O–H groups in total. The SMILES string of the molecule is CC1CCC(Nc2cnc3c(c2)CCC3)C1. The van der Waals surface area contributed by atoms with Crippen LogP contribution in [0.25, 0.3) is 0 Å². The lowest BCUT2D eigenvalue weighted by atomic mass is 10.1. The summed E-state index contributed by atoms with van der Waals surface area (Å²) in [7, 11) is 0. The van der Waals surface area contributed by atoms with Crippen LogP contribution in [0.2, 0.25) is 0 Å². The Balaban J connectivity index is 1.71. The third-order valence-electron chi connectivity index (χ3n) is 3.99. The van der Waals surface area contributed by atoms with Crippen molar-refractivity contribution in [3.05, 3.63) is 23.5 Å². The van der Waals surface area contributed by atoms with Gasteiger partial charge in [-0.05, 0) is 56.1 Å². The van der Waals surface area contributed by atoms with Gasteiger partial charge in [0.1, 0.15) is 0 Å². The highest BCUT2D eigenvalue weighted by atomic mass is 14.9. The van der Waals surface area contributed by atoms with E-state index in [1.165, 1.54) is 55.5 Å². The number of hydrogen-bond acceptors (Lipinski definition) is 2. The van der Waals surface area contributed by atoms with Crippen LogP contribution in [0.3, 0.4) is 0 Å². The van der Waals surface area contributed by atoms with E-state index in [0.717, 1.165) is 5.92 Å². The molecule has 3 rings (SSSR count). The topological polar surface area (TPSA) is 24.9 Å². The van der Waals surface area contributed by atoms with Crippen molar-refractivity contribution in [2.24, 2.45) is 5.92 Å². The van der Waals surface area contributed by atoms with Gasteiger partial charge in [0.15, 0.2) is 0 Å². The minimum atomic E-state index is 0.677. The van der Waals surface area contributed by atoms with Gasteiger partial charge in [0.05, 0.1) is 11.9 Å². The van der Waals surface area contributed by atoms with Gasteiger partial charge in [-0.3, -0.25) is 4.98 Å². The summed E-state index contributed by atoms with van der Waals surface area (Å²) in [5.41, 5.74) is 4.03. The fourth-order valence-electron chi connectivity index (χ4n) is 3.08. The second-order valence-electron chi connectivity index (χ2n) is 5.44. The number of nitrogens with zero attached hydrogens (tertiary/aromatic N) is 1. The number of nitrogens with one attached hydrogen (secondary N) is 1. The van der Waals surface area contributed by atoms with E-state index in [1.807, 2.05) is 6.20 Å². The highest BCUT2D eigenvalue weighted by molar-refractivity contribution is 5.47. The van der Waals surface area contributed by atoms with Crippen molar-refractivity contribution >= 4 is 5.69 Å². The van der Waals surface area contributed by atoms with Crippen molar-refractivity contribution in [2.75, 3.05) is 5.32 Å². The van der Waals surface area contributed by atoms with Gasteiger partial charge in [-0.2, -0.15) is 0 Å². The van der Waals surface area contributed by atoms with Crippen molar-refractivity contribution in [1.29, 1.82) is 0 Å². The van der Waals surface area contributed by atoms with E-state index < -0.39 is 0 Å². The molecule has 0 spiro atoms. The van der Waals surface area contributed by atoms with Gasteiger partial charge in [-0.1, -0.05) is 6.92 Å². The molecule has 2 heteroatoms. The summed E-state index contributed by atoms with van der Waals surface area (Å²) >= 11 is 0. The summed E-state index contributed by atoms with van der Waals surface area (Å²) in [6.07, 6.45) is 9.71. The van der Waals surface area contributed by atoms with Crippen LogP contribution in [-0.4, -0.2) is 11.0 Å². The van der Waals surface area contributed by atoms with Gasteiger partial charge in [0.2, 0.25) is 0 Å². The number of aryl methyl sites for hydroxylation is 2. The quantitative estimate of drug-likeness (QED) is 0.821. The Morgan fingerprint density at radius 1 is 1.31 bits per heavy atom. The molecule has 1 aromatic rings. The molecule has 0 aromatic carbocycles. The zero-order valence-corrected chi connectivity index (χ0v) is 10.00. The van der Waals surface area contributed by atoms with Gasteiger partial charge >= 0.3 is 0 Å². The molecule has 2 aliphatic carbocycles. The molecule has 2 aliphatic rings. The standard InChI is InChI=1S/C14H20N2/c1-10-5-6-12(7-10)16-13-8-11-3-2-4-14(11)15-9-13/h8-10,12,16H,2-7H2,1H3. The van der Waals surface area contributed by atoms with E-state index in [-0.39, 0.29) is 0 Å². The van der Waals surface area contributed by atoms with Crippen LogP contribution in [0.5, 0.6) is 0 Å². The Morgan fingerprint density at radius 2 is 2.25 bits per heavy atom. The third kappa shape index (κ3) is 1.93. The number of rotatable bonds is 2. The maximum Gasteiger partial charge on any atom is 0.0531 e. The van der Waals surface area contributed by atoms with E-state index in [2.05, 4.69) is 23.3 Å². The van der Waals surface area contributed by atoms with Gasteiger partial charge in [-0.25, -0.2) is 0 Å². The summed E-state index contributed by atoms with van der Waals surface area (Å²) in [5, 5.41) is 3.64. The maximum absolute atomic E-state index is 4.56. The fraction of sp³-hybridized carbons (Fsp3) is 0.643. The molecule has 1 saturated carbocycles. The van der Waals surface area contributed by atoms with Crippen molar-refractivity contribution in [3.63, 3.8) is 0 Å². The third-order valence-corrected chi connectivity index (χ3v) is 3.99. The molecule has 86 valence electrons. The van der Waals surface area contributed by atoms with Gasteiger partial charge < -0.3 is 5.32 Å². The van der Waals surface area contributed by atoms with Crippen molar-refractivity contribution in [3.8, 4) is 0 Å². The molecule has 1 heterocycles. The van der Waals surface area contributed by atoms with E-state index in [1.54, 1.807) is 0 Å². The molecule has 0 radical (unpaired) electrons. The smallest absolute Gasteiger partial charge is 0.0531 e. The molecule has 16 heavy (non-hydrogen) atoms. The summed E-state index contributed by atoms with van der Waals surface area (Å²) in [4.78, 5) is 4.56. The number of pyridine rings is 1. The molecule has 2 atom stereocenters. The van der Waals surface area contributed by atoms with Crippen LogP contribution < -0.4 is 5.32 Å². The monoisotopic (exact) mass is 216 g/mol. The first-order valence-electron chi connectivity index (χ1n) is 6.55. The Morgan fingerprint density at radius 3 is 3.06 bits per heavy atom. The van der Waals surface area contributed by atoms with Crippen LogP contribution in [0.15, 0.2) is 12.3 Å². The van der Waals surface area contributed by atoms with Gasteiger partial charge in [0.25, 0.3) is 0 Å². The molecule has 1 aromatic heterocycles. The second-order valence-corrected chi connectivity index (χ2v) is 5.44.